The van der Waals surface area contributed by atoms with Crippen LogP contribution in [0.1, 0.15) is 293 Å². The van der Waals surface area contributed by atoms with E-state index in [1.807, 2.05) is 0 Å². The molecular formula is C60H113NO6. The van der Waals surface area contributed by atoms with Crippen LogP contribution < -0.4 is 0 Å². The van der Waals surface area contributed by atoms with Gasteiger partial charge in [-0.1, -0.05) is 184 Å². The van der Waals surface area contributed by atoms with Gasteiger partial charge in [0.15, 0.2) is 0 Å². The van der Waals surface area contributed by atoms with Crippen LogP contribution in [0.25, 0.3) is 0 Å². The summed E-state index contributed by atoms with van der Waals surface area (Å²) in [5.74, 6) is 2.40. The fourth-order valence-electron chi connectivity index (χ4n) is 13.6. The van der Waals surface area contributed by atoms with Crippen molar-refractivity contribution >= 4 is 17.9 Å². The molecule has 0 aromatic heterocycles. The largest absolute Gasteiger partial charge is 0.466 e. The van der Waals surface area contributed by atoms with E-state index in [-0.39, 0.29) is 34.2 Å². The number of rotatable bonds is 44. The number of unbranched alkanes of at least 4 members (excludes halogenated alkanes) is 10. The fraction of sp³-hybridized carbons (Fsp3) is 0.950. The standard InChI is InChI=1S/C60H113NO6/c1-9-31-52(32-10-2)35-23-19-15-17-21-25-37-55(62)65-44-28-40-58(7)47-54-48-59(8,41-29-45-66-57(64)39-27-43-61(13-5)14-6)51-60(49-54,50-58)42-30-46-67-56(63)38-26-22-18-16-20-24-36-53(33-11-3)34-12-4/h52-54H,9-51H2,1-8H3. The molecule has 0 saturated heterocycles. The minimum absolute atomic E-state index is 0.0200. The lowest BCUT2D eigenvalue weighted by molar-refractivity contribution is -0.145. The van der Waals surface area contributed by atoms with Crippen molar-refractivity contribution in [1.29, 1.82) is 0 Å². The van der Waals surface area contributed by atoms with Crippen LogP contribution in [-0.2, 0) is 28.6 Å². The summed E-state index contributed by atoms with van der Waals surface area (Å²) in [6, 6.07) is 0. The number of hydrogen-bond donors (Lipinski definition) is 0. The van der Waals surface area contributed by atoms with E-state index in [1.165, 1.54) is 148 Å². The summed E-state index contributed by atoms with van der Waals surface area (Å²) in [6.45, 7) is 23.1. The van der Waals surface area contributed by atoms with Crippen LogP contribution in [0, 0.1) is 34.0 Å². The lowest BCUT2D eigenvalue weighted by atomic mass is 9.47. The summed E-state index contributed by atoms with van der Waals surface area (Å²) < 4.78 is 17.5. The molecule has 394 valence electrons. The summed E-state index contributed by atoms with van der Waals surface area (Å²) >= 11 is 0. The van der Waals surface area contributed by atoms with Gasteiger partial charge in [-0.25, -0.2) is 0 Å². The van der Waals surface area contributed by atoms with Gasteiger partial charge < -0.3 is 19.1 Å². The van der Waals surface area contributed by atoms with E-state index in [9.17, 15) is 14.4 Å². The van der Waals surface area contributed by atoms with Crippen LogP contribution in [0.15, 0.2) is 0 Å². The Balaban J connectivity index is 1.82. The average Bonchev–Trinajstić information content (AvgIpc) is 3.28. The van der Waals surface area contributed by atoms with E-state index >= 15 is 0 Å². The van der Waals surface area contributed by atoms with Gasteiger partial charge in [-0.2, -0.15) is 0 Å². The molecule has 2 bridgehead atoms. The van der Waals surface area contributed by atoms with E-state index in [0.29, 0.717) is 45.0 Å². The van der Waals surface area contributed by atoms with Gasteiger partial charge in [0.25, 0.3) is 0 Å². The SMILES string of the molecule is CCCC(CCC)CCCCCCCCC(=O)OCCCC1(C)CC2CC(C)(CCCOC(=O)CCCN(CC)CC)CC(CCCOC(=O)CCCCCCCCC(CCC)CCC)(C2)C1. The maximum absolute atomic E-state index is 12.8. The monoisotopic (exact) mass is 944 g/mol. The first kappa shape index (κ1) is 61.5. The molecule has 2 saturated carbocycles. The van der Waals surface area contributed by atoms with Crippen LogP contribution in [0.2, 0.25) is 0 Å². The summed E-state index contributed by atoms with van der Waals surface area (Å²) in [5.41, 5.74) is 0.646. The Morgan fingerprint density at radius 3 is 1.19 bits per heavy atom. The van der Waals surface area contributed by atoms with Crippen LogP contribution in [0.4, 0.5) is 0 Å². The lowest BCUT2D eigenvalue weighted by Crippen LogP contribution is -2.47. The predicted octanol–water partition coefficient (Wildman–Crippen LogP) is 17.3. The normalized spacial score (nSPS) is 21.6. The number of esters is 3. The van der Waals surface area contributed by atoms with Crippen molar-refractivity contribution in [3.8, 4) is 0 Å². The highest BCUT2D eigenvalue weighted by molar-refractivity contribution is 5.69. The van der Waals surface area contributed by atoms with Crippen LogP contribution in [-0.4, -0.2) is 62.3 Å². The Morgan fingerprint density at radius 1 is 0.448 bits per heavy atom. The van der Waals surface area contributed by atoms with Gasteiger partial charge in [-0.15, -0.1) is 0 Å². The third kappa shape index (κ3) is 28.7. The third-order valence-electron chi connectivity index (χ3n) is 16.4. The summed E-state index contributed by atoms with van der Waals surface area (Å²) in [4.78, 5) is 40.5. The summed E-state index contributed by atoms with van der Waals surface area (Å²) in [7, 11) is 0. The Morgan fingerprint density at radius 2 is 0.806 bits per heavy atom. The molecule has 0 amide bonds. The van der Waals surface area contributed by atoms with E-state index in [4.69, 9.17) is 14.2 Å². The minimum atomic E-state index is -0.0573. The molecule has 0 heterocycles. The van der Waals surface area contributed by atoms with E-state index in [0.717, 1.165) is 102 Å². The molecule has 0 radical (unpaired) electrons. The average molecular weight is 945 g/mol. The van der Waals surface area contributed by atoms with Crippen molar-refractivity contribution < 1.29 is 28.6 Å². The topological polar surface area (TPSA) is 82.1 Å². The summed E-state index contributed by atoms with van der Waals surface area (Å²) in [5, 5.41) is 0. The Labute approximate surface area is 416 Å². The highest BCUT2D eigenvalue weighted by Crippen LogP contribution is 2.64. The Bertz CT molecular complexity index is 1240. The molecule has 0 aliphatic heterocycles. The van der Waals surface area contributed by atoms with Crippen molar-refractivity contribution in [2.45, 2.75) is 293 Å². The number of hydrogen-bond acceptors (Lipinski definition) is 7. The number of carbonyl (C=O) groups is 3. The van der Waals surface area contributed by atoms with Gasteiger partial charge in [0.1, 0.15) is 0 Å². The summed E-state index contributed by atoms with van der Waals surface area (Å²) in [6.07, 6.45) is 42.6. The zero-order valence-corrected chi connectivity index (χ0v) is 46.0. The van der Waals surface area contributed by atoms with Crippen molar-refractivity contribution in [3.05, 3.63) is 0 Å². The second-order valence-corrected chi connectivity index (χ2v) is 23.3. The Hall–Kier alpha value is -1.63. The molecule has 0 aromatic rings. The first-order valence-electron chi connectivity index (χ1n) is 29.6. The second kappa shape index (κ2) is 37.2. The van der Waals surface area contributed by atoms with Gasteiger partial charge in [-0.3, -0.25) is 14.4 Å². The van der Waals surface area contributed by atoms with Gasteiger partial charge in [0, 0.05) is 19.3 Å². The molecule has 7 heteroatoms. The maximum Gasteiger partial charge on any atom is 0.305 e. The van der Waals surface area contributed by atoms with Crippen molar-refractivity contribution in [3.63, 3.8) is 0 Å². The molecule has 67 heavy (non-hydrogen) atoms. The van der Waals surface area contributed by atoms with Crippen LogP contribution in [0.5, 0.6) is 0 Å². The molecule has 0 N–H and O–H groups in total. The predicted molar refractivity (Wildman–Crippen MR) is 283 cm³/mol. The van der Waals surface area contributed by atoms with E-state index in [2.05, 4.69) is 60.3 Å². The Kier molecular flexibility index (Phi) is 34.1. The molecule has 4 atom stereocenters. The van der Waals surface area contributed by atoms with E-state index in [1.54, 1.807) is 0 Å². The first-order chi connectivity index (χ1) is 32.4. The zero-order chi connectivity index (χ0) is 49.1. The van der Waals surface area contributed by atoms with Crippen LogP contribution >= 0.6 is 0 Å². The number of fused-ring (bicyclic) bond motifs is 2. The van der Waals surface area contributed by atoms with E-state index < -0.39 is 0 Å². The van der Waals surface area contributed by atoms with Gasteiger partial charge in [0.2, 0.25) is 0 Å². The smallest absolute Gasteiger partial charge is 0.305 e. The highest BCUT2D eigenvalue weighted by atomic mass is 16.5. The molecule has 2 aliphatic rings. The molecule has 7 nitrogen and oxygen atoms in total. The van der Waals surface area contributed by atoms with Crippen molar-refractivity contribution in [1.82, 2.24) is 4.90 Å². The molecule has 2 aliphatic carbocycles. The first-order valence-corrected chi connectivity index (χ1v) is 29.6. The number of ether oxygens (including phenoxy) is 3. The molecular weight excluding hydrogens is 831 g/mol. The van der Waals surface area contributed by atoms with Crippen molar-refractivity contribution in [2.75, 3.05) is 39.5 Å². The molecule has 2 rings (SSSR count). The molecule has 0 aromatic carbocycles. The third-order valence-corrected chi connectivity index (χ3v) is 16.4. The lowest BCUT2D eigenvalue weighted by Gasteiger charge is -2.58. The fourth-order valence-corrected chi connectivity index (χ4v) is 13.6. The molecule has 4 unspecified atom stereocenters. The van der Waals surface area contributed by atoms with Crippen molar-refractivity contribution in [2.24, 2.45) is 34.0 Å². The number of carbonyl (C=O) groups excluding carboxylic acids is 3. The molecule has 0 spiro atoms. The zero-order valence-electron chi connectivity index (χ0n) is 46.0. The quantitative estimate of drug-likeness (QED) is 0.0342. The number of nitrogens with zero attached hydrogens (tertiary/aromatic N) is 1. The van der Waals surface area contributed by atoms with Crippen LogP contribution in [0.3, 0.4) is 0 Å². The maximum atomic E-state index is 12.8. The molecule has 2 fully saturated rings. The van der Waals surface area contributed by atoms with Gasteiger partial charge >= 0.3 is 17.9 Å². The highest BCUT2D eigenvalue weighted by Gasteiger charge is 2.52. The minimum Gasteiger partial charge on any atom is -0.466 e. The van der Waals surface area contributed by atoms with Gasteiger partial charge in [0.05, 0.1) is 19.8 Å². The second-order valence-electron chi connectivity index (χ2n) is 23.3. The van der Waals surface area contributed by atoms with Gasteiger partial charge in [-0.05, 0) is 144 Å².